The zero-order valence-corrected chi connectivity index (χ0v) is 18.5. The SMILES string of the molecule is COc1nc(N2CCC2)cc(-n2ncc3cc(C)c(C4CCN(CCO)CC4F)cc32)n1. The van der Waals surface area contributed by atoms with Gasteiger partial charge >= 0.3 is 6.01 Å². The fraction of sp³-hybridized carbons (Fsp3) is 0.522. The molecule has 0 radical (unpaired) electrons. The van der Waals surface area contributed by atoms with E-state index < -0.39 is 6.17 Å². The molecule has 2 aromatic heterocycles. The van der Waals surface area contributed by atoms with Crippen molar-refractivity contribution in [2.24, 2.45) is 0 Å². The lowest BCUT2D eigenvalue weighted by Gasteiger charge is -2.35. The number of benzene rings is 1. The molecule has 0 aliphatic carbocycles. The molecule has 4 heterocycles. The molecule has 9 heteroatoms. The van der Waals surface area contributed by atoms with Gasteiger partial charge in [0.25, 0.3) is 0 Å². The van der Waals surface area contributed by atoms with Crippen LogP contribution in [0.4, 0.5) is 10.2 Å². The van der Waals surface area contributed by atoms with Gasteiger partial charge in [-0.25, -0.2) is 9.07 Å². The number of β-amino-alcohol motifs (C(OH)–C–C–N with tert-alkyl or cyclic N) is 1. The molecule has 2 aliphatic rings. The fourth-order valence-electron chi connectivity index (χ4n) is 4.76. The minimum Gasteiger partial charge on any atom is -0.467 e. The minimum atomic E-state index is -0.972. The lowest BCUT2D eigenvalue weighted by atomic mass is 9.85. The van der Waals surface area contributed by atoms with E-state index in [9.17, 15) is 5.11 Å². The van der Waals surface area contributed by atoms with Gasteiger partial charge in [-0.1, -0.05) is 0 Å². The smallest absolute Gasteiger partial charge is 0.320 e. The van der Waals surface area contributed by atoms with Gasteiger partial charge in [0.2, 0.25) is 0 Å². The maximum atomic E-state index is 15.1. The van der Waals surface area contributed by atoms with Crippen LogP contribution in [0.15, 0.2) is 24.4 Å². The summed E-state index contributed by atoms with van der Waals surface area (Å²) < 4.78 is 22.3. The molecule has 2 fully saturated rings. The van der Waals surface area contributed by atoms with E-state index in [1.165, 1.54) is 0 Å². The highest BCUT2D eigenvalue weighted by molar-refractivity contribution is 5.82. The Hall–Kier alpha value is -2.78. The number of piperidine rings is 1. The van der Waals surface area contributed by atoms with Gasteiger partial charge in [0.05, 0.1) is 25.4 Å². The fourth-order valence-corrected chi connectivity index (χ4v) is 4.76. The van der Waals surface area contributed by atoms with Crippen LogP contribution < -0.4 is 9.64 Å². The number of aryl methyl sites for hydroxylation is 1. The molecule has 0 bridgehead atoms. The van der Waals surface area contributed by atoms with Crippen molar-refractivity contribution in [1.82, 2.24) is 24.6 Å². The van der Waals surface area contributed by atoms with E-state index in [1.54, 1.807) is 11.8 Å². The lowest BCUT2D eigenvalue weighted by molar-refractivity contribution is 0.0994. The number of ether oxygens (including phenoxy) is 1. The highest BCUT2D eigenvalue weighted by Gasteiger charge is 2.31. The number of hydrogen-bond acceptors (Lipinski definition) is 7. The highest BCUT2D eigenvalue weighted by Crippen LogP contribution is 2.35. The van der Waals surface area contributed by atoms with Gasteiger partial charge in [-0.05, 0) is 49.6 Å². The molecule has 0 spiro atoms. The normalized spacial score (nSPS) is 21.7. The molecule has 2 atom stereocenters. The van der Waals surface area contributed by atoms with E-state index in [1.807, 2.05) is 24.1 Å². The summed E-state index contributed by atoms with van der Waals surface area (Å²) in [5.74, 6) is 1.29. The number of anilines is 1. The van der Waals surface area contributed by atoms with Crippen LogP contribution in [-0.4, -0.2) is 82.4 Å². The Morgan fingerprint density at radius 2 is 1.97 bits per heavy atom. The molecule has 3 aromatic rings. The topological polar surface area (TPSA) is 79.5 Å². The predicted molar refractivity (Wildman–Crippen MR) is 121 cm³/mol. The summed E-state index contributed by atoms with van der Waals surface area (Å²) in [5, 5.41) is 14.8. The lowest BCUT2D eigenvalue weighted by Crippen LogP contribution is -2.42. The third kappa shape index (κ3) is 3.80. The number of nitrogens with zero attached hydrogens (tertiary/aromatic N) is 6. The Bertz CT molecular complexity index is 1120. The van der Waals surface area contributed by atoms with Gasteiger partial charge < -0.3 is 14.7 Å². The van der Waals surface area contributed by atoms with Crippen molar-refractivity contribution in [3.63, 3.8) is 0 Å². The van der Waals surface area contributed by atoms with Crippen molar-refractivity contribution >= 4 is 16.7 Å². The summed E-state index contributed by atoms with van der Waals surface area (Å²) in [6, 6.07) is 6.38. The van der Waals surface area contributed by atoms with Crippen LogP contribution in [0.1, 0.15) is 29.9 Å². The monoisotopic (exact) mass is 440 g/mol. The van der Waals surface area contributed by atoms with Gasteiger partial charge in [0.1, 0.15) is 12.0 Å². The average molecular weight is 441 g/mol. The molecule has 0 saturated carbocycles. The zero-order valence-electron chi connectivity index (χ0n) is 18.5. The summed E-state index contributed by atoms with van der Waals surface area (Å²) in [4.78, 5) is 13.2. The first-order valence-electron chi connectivity index (χ1n) is 11.2. The van der Waals surface area contributed by atoms with Crippen LogP contribution in [0, 0.1) is 6.92 Å². The molecule has 1 N–H and O–H groups in total. The first kappa shape index (κ1) is 21.1. The Labute approximate surface area is 186 Å². The number of aliphatic hydroxyl groups excluding tert-OH is 1. The van der Waals surface area contributed by atoms with Crippen molar-refractivity contribution < 1.29 is 14.2 Å². The molecule has 8 nitrogen and oxygen atoms in total. The summed E-state index contributed by atoms with van der Waals surface area (Å²) >= 11 is 0. The standard InChI is InChI=1S/C23H29FN6O2/c1-15-10-16-13-25-30(22-12-21(29-5-3-6-29)26-23(27-22)32-2)20(16)11-18(15)17-4-7-28(8-9-31)14-19(17)24/h10-13,17,19,31H,3-9,14H2,1-2H3. The summed E-state index contributed by atoms with van der Waals surface area (Å²) in [7, 11) is 1.56. The average Bonchev–Trinajstić information content (AvgIpc) is 3.15. The van der Waals surface area contributed by atoms with Crippen LogP contribution in [0.25, 0.3) is 16.7 Å². The third-order valence-corrected chi connectivity index (χ3v) is 6.66. The van der Waals surface area contributed by atoms with Crippen LogP contribution in [0.5, 0.6) is 6.01 Å². The van der Waals surface area contributed by atoms with Crippen molar-refractivity contribution in [3.8, 4) is 11.8 Å². The highest BCUT2D eigenvalue weighted by atomic mass is 19.1. The van der Waals surface area contributed by atoms with E-state index in [0.29, 0.717) is 24.9 Å². The number of hydrogen-bond donors (Lipinski definition) is 1. The van der Waals surface area contributed by atoms with Crippen LogP contribution in [-0.2, 0) is 0 Å². The zero-order chi connectivity index (χ0) is 22.2. The Morgan fingerprint density at radius 3 is 2.66 bits per heavy atom. The molecule has 2 saturated heterocycles. The second-order valence-corrected chi connectivity index (χ2v) is 8.67. The molecular formula is C23H29FN6O2. The number of likely N-dealkylation sites (tertiary alicyclic amines) is 1. The minimum absolute atomic E-state index is 0.0589. The first-order valence-corrected chi connectivity index (χ1v) is 11.2. The number of aliphatic hydroxyl groups is 1. The van der Waals surface area contributed by atoms with E-state index in [4.69, 9.17) is 4.74 Å². The van der Waals surface area contributed by atoms with Crippen LogP contribution in [0.3, 0.4) is 0 Å². The second-order valence-electron chi connectivity index (χ2n) is 8.67. The van der Waals surface area contributed by atoms with Crippen LogP contribution in [0.2, 0.25) is 0 Å². The number of rotatable bonds is 6. The number of halogens is 1. The number of alkyl halides is 1. The molecule has 0 amide bonds. The summed E-state index contributed by atoms with van der Waals surface area (Å²) in [5.41, 5.74) is 2.98. The first-order chi connectivity index (χ1) is 15.6. The van der Waals surface area contributed by atoms with E-state index >= 15 is 4.39 Å². The maximum Gasteiger partial charge on any atom is 0.320 e. The van der Waals surface area contributed by atoms with Gasteiger partial charge in [-0.15, -0.1) is 0 Å². The van der Waals surface area contributed by atoms with Gasteiger partial charge in [-0.2, -0.15) is 15.1 Å². The maximum absolute atomic E-state index is 15.1. The van der Waals surface area contributed by atoms with E-state index in [-0.39, 0.29) is 12.5 Å². The number of methoxy groups -OCH3 is 1. The second kappa shape index (κ2) is 8.63. The molecule has 2 unspecified atom stereocenters. The largest absolute Gasteiger partial charge is 0.467 e. The van der Waals surface area contributed by atoms with Gasteiger partial charge in [0, 0.05) is 43.5 Å². The van der Waals surface area contributed by atoms with E-state index in [0.717, 1.165) is 60.3 Å². The van der Waals surface area contributed by atoms with Crippen LogP contribution >= 0.6 is 0 Å². The van der Waals surface area contributed by atoms with Crippen molar-refractivity contribution in [2.75, 3.05) is 51.3 Å². The van der Waals surface area contributed by atoms with E-state index in [2.05, 4.69) is 32.1 Å². The number of aromatic nitrogens is 4. The Morgan fingerprint density at radius 1 is 1.16 bits per heavy atom. The molecule has 32 heavy (non-hydrogen) atoms. The Balaban J connectivity index is 1.53. The quantitative estimate of drug-likeness (QED) is 0.631. The van der Waals surface area contributed by atoms with Crippen molar-refractivity contribution in [3.05, 3.63) is 35.5 Å². The van der Waals surface area contributed by atoms with Crippen molar-refractivity contribution in [1.29, 1.82) is 0 Å². The van der Waals surface area contributed by atoms with Gasteiger partial charge in [0.15, 0.2) is 5.82 Å². The van der Waals surface area contributed by atoms with Crippen molar-refractivity contribution in [2.45, 2.75) is 31.9 Å². The van der Waals surface area contributed by atoms with Gasteiger partial charge in [-0.3, -0.25) is 4.90 Å². The number of fused-ring (bicyclic) bond motifs is 1. The third-order valence-electron chi connectivity index (χ3n) is 6.66. The molecular weight excluding hydrogens is 411 g/mol. The summed E-state index contributed by atoms with van der Waals surface area (Å²) in [6.45, 7) is 5.69. The molecule has 5 rings (SSSR count). The molecule has 2 aliphatic heterocycles. The molecule has 170 valence electrons. The Kier molecular flexibility index (Phi) is 5.69. The predicted octanol–water partition coefficient (Wildman–Crippen LogP) is 2.46. The summed E-state index contributed by atoms with van der Waals surface area (Å²) in [6.07, 6.45) is 2.72. The molecule has 1 aromatic carbocycles.